The fourth-order valence-corrected chi connectivity index (χ4v) is 3.92. The largest absolute Gasteiger partial charge is 0.468 e. The molecule has 0 saturated carbocycles. The van der Waals surface area contributed by atoms with Gasteiger partial charge in [-0.15, -0.1) is 0 Å². The van der Waals surface area contributed by atoms with E-state index >= 15 is 0 Å². The number of furan rings is 1. The third-order valence-corrected chi connectivity index (χ3v) is 5.38. The van der Waals surface area contributed by atoms with Gasteiger partial charge in [0.25, 0.3) is 0 Å². The van der Waals surface area contributed by atoms with Crippen LogP contribution in [0, 0.1) is 0 Å². The van der Waals surface area contributed by atoms with E-state index in [2.05, 4.69) is 10.8 Å². The van der Waals surface area contributed by atoms with Crippen molar-refractivity contribution in [2.75, 3.05) is 5.75 Å². The van der Waals surface area contributed by atoms with Gasteiger partial charge in [0.15, 0.2) is 0 Å². The Morgan fingerprint density at radius 1 is 1.04 bits per heavy atom. The second-order valence-electron chi connectivity index (χ2n) is 5.69. The molecule has 0 spiro atoms. The number of benzene rings is 2. The van der Waals surface area contributed by atoms with Crippen LogP contribution in [0.4, 0.5) is 0 Å². The van der Waals surface area contributed by atoms with Gasteiger partial charge in [-0.05, 0) is 34.4 Å². The van der Waals surface area contributed by atoms with E-state index in [9.17, 15) is 8.42 Å². The van der Waals surface area contributed by atoms with Crippen molar-refractivity contribution in [1.29, 1.82) is 0 Å². The highest BCUT2D eigenvalue weighted by molar-refractivity contribution is 7.89. The van der Waals surface area contributed by atoms with Crippen molar-refractivity contribution in [1.82, 2.24) is 4.72 Å². The summed E-state index contributed by atoms with van der Waals surface area (Å²) in [4.78, 5) is 0. The molecule has 1 aromatic heterocycles. The number of sulfonamides is 1. The van der Waals surface area contributed by atoms with Crippen LogP contribution in [-0.2, 0) is 16.6 Å². The van der Waals surface area contributed by atoms with Crippen LogP contribution in [0.1, 0.15) is 24.2 Å². The van der Waals surface area contributed by atoms with E-state index in [-0.39, 0.29) is 18.2 Å². The Bertz CT molecular complexity index is 886. The molecule has 120 valence electrons. The maximum Gasteiger partial charge on any atom is 0.212 e. The molecule has 1 atom stereocenters. The van der Waals surface area contributed by atoms with Crippen LogP contribution in [-0.4, -0.2) is 14.2 Å². The van der Waals surface area contributed by atoms with Gasteiger partial charge in [-0.3, -0.25) is 0 Å². The SMILES string of the molecule is CC(CS(=O)(=O)NCc1ccco1)c1ccc2ccccc2c1. The molecule has 0 aliphatic heterocycles. The van der Waals surface area contributed by atoms with Gasteiger partial charge in [-0.25, -0.2) is 13.1 Å². The van der Waals surface area contributed by atoms with Crippen molar-refractivity contribution in [2.24, 2.45) is 0 Å². The summed E-state index contributed by atoms with van der Waals surface area (Å²) in [5.41, 5.74) is 1.02. The Morgan fingerprint density at radius 3 is 2.57 bits per heavy atom. The summed E-state index contributed by atoms with van der Waals surface area (Å²) < 4.78 is 32.2. The summed E-state index contributed by atoms with van der Waals surface area (Å²) in [7, 11) is -3.37. The molecule has 0 bridgehead atoms. The molecule has 1 heterocycles. The van der Waals surface area contributed by atoms with Gasteiger partial charge < -0.3 is 4.42 Å². The predicted octanol–water partition coefficient (Wildman–Crippen LogP) is 3.66. The van der Waals surface area contributed by atoms with E-state index in [0.717, 1.165) is 16.3 Å². The summed E-state index contributed by atoms with van der Waals surface area (Å²) in [6.07, 6.45) is 1.53. The monoisotopic (exact) mass is 329 g/mol. The first-order valence-corrected chi connectivity index (χ1v) is 9.17. The molecule has 3 aromatic rings. The van der Waals surface area contributed by atoms with Gasteiger partial charge in [0.1, 0.15) is 5.76 Å². The molecule has 0 amide bonds. The first kappa shape index (κ1) is 15.8. The molecular weight excluding hydrogens is 310 g/mol. The number of hydrogen-bond acceptors (Lipinski definition) is 3. The van der Waals surface area contributed by atoms with E-state index in [1.807, 2.05) is 43.3 Å². The highest BCUT2D eigenvalue weighted by Gasteiger charge is 2.17. The third kappa shape index (κ3) is 4.00. The molecule has 4 nitrogen and oxygen atoms in total. The molecule has 0 radical (unpaired) electrons. The average Bonchev–Trinajstić information content (AvgIpc) is 3.06. The van der Waals surface area contributed by atoms with Gasteiger partial charge in [0, 0.05) is 0 Å². The number of fused-ring (bicyclic) bond motifs is 1. The predicted molar refractivity (Wildman–Crippen MR) is 91.7 cm³/mol. The lowest BCUT2D eigenvalue weighted by Gasteiger charge is -2.13. The van der Waals surface area contributed by atoms with Gasteiger partial charge in [0.2, 0.25) is 10.0 Å². The zero-order valence-corrected chi connectivity index (χ0v) is 13.7. The van der Waals surface area contributed by atoms with E-state index in [1.54, 1.807) is 12.1 Å². The number of nitrogens with one attached hydrogen (secondary N) is 1. The van der Waals surface area contributed by atoms with E-state index in [1.165, 1.54) is 6.26 Å². The standard InChI is InChI=1S/C18H19NO3S/c1-14(13-23(20,21)19-12-18-7-4-10-22-18)16-9-8-15-5-2-3-6-17(15)11-16/h2-11,14,19H,12-13H2,1H3. The highest BCUT2D eigenvalue weighted by atomic mass is 32.2. The quantitative estimate of drug-likeness (QED) is 0.751. The van der Waals surface area contributed by atoms with Crippen molar-refractivity contribution < 1.29 is 12.8 Å². The summed E-state index contributed by atoms with van der Waals surface area (Å²) in [5.74, 6) is 0.562. The minimum Gasteiger partial charge on any atom is -0.468 e. The molecule has 1 N–H and O–H groups in total. The smallest absolute Gasteiger partial charge is 0.212 e. The minimum absolute atomic E-state index is 0.0477. The lowest BCUT2D eigenvalue weighted by Crippen LogP contribution is -2.28. The third-order valence-electron chi connectivity index (χ3n) is 3.86. The molecular formula is C18H19NO3S. The molecule has 5 heteroatoms. The Morgan fingerprint density at radius 2 is 1.83 bits per heavy atom. The van der Waals surface area contributed by atoms with E-state index in [0.29, 0.717) is 5.76 Å². The first-order valence-electron chi connectivity index (χ1n) is 7.52. The maximum absolute atomic E-state index is 12.2. The van der Waals surface area contributed by atoms with Crippen molar-refractivity contribution >= 4 is 20.8 Å². The summed E-state index contributed by atoms with van der Waals surface area (Å²) in [6.45, 7) is 2.11. The van der Waals surface area contributed by atoms with Crippen molar-refractivity contribution in [3.05, 3.63) is 72.2 Å². The van der Waals surface area contributed by atoms with Gasteiger partial charge in [0.05, 0.1) is 18.6 Å². The van der Waals surface area contributed by atoms with Crippen LogP contribution >= 0.6 is 0 Å². The molecule has 0 aliphatic carbocycles. The Kier molecular flexibility index (Phi) is 4.50. The fourth-order valence-electron chi connectivity index (χ4n) is 2.59. The van der Waals surface area contributed by atoms with Gasteiger partial charge >= 0.3 is 0 Å². The van der Waals surface area contributed by atoms with Crippen molar-refractivity contribution in [3.8, 4) is 0 Å². The topological polar surface area (TPSA) is 59.3 Å². The van der Waals surface area contributed by atoms with E-state index in [4.69, 9.17) is 4.42 Å². The molecule has 0 fully saturated rings. The first-order chi connectivity index (χ1) is 11.0. The minimum atomic E-state index is -3.37. The number of hydrogen-bond donors (Lipinski definition) is 1. The van der Waals surface area contributed by atoms with Crippen LogP contribution in [0.25, 0.3) is 10.8 Å². The maximum atomic E-state index is 12.2. The zero-order chi connectivity index (χ0) is 16.3. The van der Waals surface area contributed by atoms with Crippen molar-refractivity contribution in [3.63, 3.8) is 0 Å². The summed E-state index contributed by atoms with van der Waals surface area (Å²) in [6, 6.07) is 17.6. The summed E-state index contributed by atoms with van der Waals surface area (Å²) >= 11 is 0. The molecule has 2 aromatic carbocycles. The zero-order valence-electron chi connectivity index (χ0n) is 12.9. The lowest BCUT2D eigenvalue weighted by atomic mass is 9.99. The average molecular weight is 329 g/mol. The molecule has 1 unspecified atom stereocenters. The molecule has 23 heavy (non-hydrogen) atoms. The van der Waals surface area contributed by atoms with Crippen LogP contribution in [0.3, 0.4) is 0 Å². The molecule has 3 rings (SSSR count). The molecule has 0 aliphatic rings. The Balaban J connectivity index is 1.70. The normalized spacial score (nSPS) is 13.3. The van der Waals surface area contributed by atoms with Crippen molar-refractivity contribution in [2.45, 2.75) is 19.4 Å². The van der Waals surface area contributed by atoms with Crippen LogP contribution < -0.4 is 4.72 Å². The number of rotatable bonds is 6. The van der Waals surface area contributed by atoms with Crippen LogP contribution in [0.2, 0.25) is 0 Å². The van der Waals surface area contributed by atoms with Gasteiger partial charge in [-0.1, -0.05) is 49.4 Å². The fraction of sp³-hybridized carbons (Fsp3) is 0.222. The summed E-state index contributed by atoms with van der Waals surface area (Å²) in [5, 5.41) is 2.28. The highest BCUT2D eigenvalue weighted by Crippen LogP contribution is 2.22. The van der Waals surface area contributed by atoms with Crippen LogP contribution in [0.5, 0.6) is 0 Å². The Labute approximate surface area is 136 Å². The Hall–Kier alpha value is -2.11. The lowest BCUT2D eigenvalue weighted by molar-refractivity contribution is 0.498. The van der Waals surface area contributed by atoms with Crippen LogP contribution in [0.15, 0.2) is 65.3 Å². The second kappa shape index (κ2) is 6.56. The molecule has 0 saturated heterocycles. The van der Waals surface area contributed by atoms with Gasteiger partial charge in [-0.2, -0.15) is 0 Å². The van der Waals surface area contributed by atoms with E-state index < -0.39 is 10.0 Å². The second-order valence-corrected chi connectivity index (χ2v) is 7.54.